The first kappa shape index (κ1) is 25.2. The largest absolute Gasteiger partial charge is 0.325 e. The van der Waals surface area contributed by atoms with Crippen molar-refractivity contribution < 1.29 is 4.79 Å². The average molecular weight is 550 g/mol. The molecular weight excluding hydrogens is 520 g/mol. The van der Waals surface area contributed by atoms with E-state index in [1.54, 1.807) is 0 Å². The summed E-state index contributed by atoms with van der Waals surface area (Å²) in [4.78, 5) is 13.1. The van der Waals surface area contributed by atoms with E-state index in [-0.39, 0.29) is 16.6 Å². The molecule has 3 aromatic carbocycles. The Bertz CT molecular complexity index is 1280. The second-order valence-electron chi connectivity index (χ2n) is 9.32. The summed E-state index contributed by atoms with van der Waals surface area (Å²) in [6.07, 6.45) is 0.657. The van der Waals surface area contributed by atoms with Crippen molar-refractivity contribution in [1.82, 2.24) is 14.8 Å². The summed E-state index contributed by atoms with van der Waals surface area (Å²) in [7, 11) is 0. The molecule has 1 N–H and O–H groups in total. The summed E-state index contributed by atoms with van der Waals surface area (Å²) in [5.41, 5.74) is 4.04. The SMILES string of the molecule is CC[C@H](Sc1nnc(-c2ccc(C(C)(C)C)cc2)n1-c1ccccc1)C(=O)Nc1ccc(Br)cc1. The van der Waals surface area contributed by atoms with Crippen molar-refractivity contribution in [2.75, 3.05) is 5.32 Å². The lowest BCUT2D eigenvalue weighted by Gasteiger charge is -2.19. The smallest absolute Gasteiger partial charge is 0.237 e. The lowest BCUT2D eigenvalue weighted by molar-refractivity contribution is -0.115. The van der Waals surface area contributed by atoms with E-state index in [4.69, 9.17) is 0 Å². The molecule has 0 radical (unpaired) electrons. The van der Waals surface area contributed by atoms with Crippen LogP contribution in [0.3, 0.4) is 0 Å². The number of carbonyl (C=O) groups excluding carboxylic acids is 1. The Balaban J connectivity index is 1.66. The van der Waals surface area contributed by atoms with Crippen LogP contribution in [0.15, 0.2) is 88.5 Å². The third kappa shape index (κ3) is 6.03. The van der Waals surface area contributed by atoms with Crippen molar-refractivity contribution in [3.63, 3.8) is 0 Å². The first-order valence-corrected chi connectivity index (χ1v) is 13.3. The highest BCUT2D eigenvalue weighted by atomic mass is 79.9. The number of nitrogens with one attached hydrogen (secondary N) is 1. The van der Waals surface area contributed by atoms with Gasteiger partial charge in [-0.25, -0.2) is 0 Å². The van der Waals surface area contributed by atoms with E-state index >= 15 is 0 Å². The number of hydrogen-bond acceptors (Lipinski definition) is 4. The lowest BCUT2D eigenvalue weighted by Crippen LogP contribution is -2.25. The topological polar surface area (TPSA) is 59.8 Å². The molecule has 35 heavy (non-hydrogen) atoms. The van der Waals surface area contributed by atoms with Crippen LogP contribution in [0.4, 0.5) is 5.69 Å². The maximum atomic E-state index is 13.1. The van der Waals surface area contributed by atoms with Crippen LogP contribution in [-0.4, -0.2) is 25.9 Å². The van der Waals surface area contributed by atoms with Crippen molar-refractivity contribution in [2.24, 2.45) is 0 Å². The van der Waals surface area contributed by atoms with Crippen molar-refractivity contribution in [2.45, 2.75) is 49.9 Å². The fourth-order valence-corrected chi connectivity index (χ4v) is 4.90. The fourth-order valence-electron chi connectivity index (χ4n) is 3.67. The number of aromatic nitrogens is 3. The Hall–Kier alpha value is -2.90. The van der Waals surface area contributed by atoms with Gasteiger partial charge in [0.1, 0.15) is 0 Å². The molecule has 0 fully saturated rings. The first-order valence-electron chi connectivity index (χ1n) is 11.6. The number of rotatable bonds is 7. The number of halogens is 1. The summed E-state index contributed by atoms with van der Waals surface area (Å²) in [5.74, 6) is 0.695. The molecule has 0 aliphatic heterocycles. The Kier molecular flexibility index (Phi) is 7.77. The summed E-state index contributed by atoms with van der Waals surface area (Å²) >= 11 is 4.86. The Morgan fingerprint density at radius 1 is 0.971 bits per heavy atom. The summed E-state index contributed by atoms with van der Waals surface area (Å²) in [6.45, 7) is 8.61. The molecule has 1 amide bonds. The van der Waals surface area contributed by atoms with Gasteiger partial charge in [-0.2, -0.15) is 0 Å². The lowest BCUT2D eigenvalue weighted by atomic mass is 9.87. The zero-order chi connectivity index (χ0) is 25.0. The molecule has 180 valence electrons. The van der Waals surface area contributed by atoms with Gasteiger partial charge >= 0.3 is 0 Å². The van der Waals surface area contributed by atoms with Crippen molar-refractivity contribution >= 4 is 39.3 Å². The van der Waals surface area contributed by atoms with Crippen LogP contribution in [0.2, 0.25) is 0 Å². The number of carbonyl (C=O) groups is 1. The number of hydrogen-bond donors (Lipinski definition) is 1. The van der Waals surface area contributed by atoms with Crippen LogP contribution in [-0.2, 0) is 10.2 Å². The van der Waals surface area contributed by atoms with Gasteiger partial charge in [0.25, 0.3) is 0 Å². The number of thioether (sulfide) groups is 1. The molecule has 0 saturated heterocycles. The molecule has 0 saturated carbocycles. The predicted octanol–water partition coefficient (Wildman–Crippen LogP) is 7.50. The number of amides is 1. The van der Waals surface area contributed by atoms with E-state index in [1.165, 1.54) is 17.3 Å². The molecule has 1 atom stereocenters. The Morgan fingerprint density at radius 2 is 1.63 bits per heavy atom. The monoisotopic (exact) mass is 548 g/mol. The molecule has 4 aromatic rings. The van der Waals surface area contributed by atoms with E-state index in [0.29, 0.717) is 11.6 Å². The number of nitrogens with zero attached hydrogens (tertiary/aromatic N) is 3. The molecule has 0 aliphatic rings. The molecule has 7 heteroatoms. The Labute approximate surface area is 219 Å². The van der Waals surface area contributed by atoms with Gasteiger partial charge in [0.15, 0.2) is 11.0 Å². The molecular formula is C28H29BrN4OS. The second-order valence-corrected chi connectivity index (χ2v) is 11.4. The minimum atomic E-state index is -0.318. The summed E-state index contributed by atoms with van der Waals surface area (Å²) in [5, 5.41) is 12.5. The van der Waals surface area contributed by atoms with E-state index in [0.717, 1.165) is 27.2 Å². The van der Waals surface area contributed by atoms with Gasteiger partial charge in [-0.1, -0.05) is 97.9 Å². The van der Waals surface area contributed by atoms with Crippen LogP contribution in [0, 0.1) is 0 Å². The minimum Gasteiger partial charge on any atom is -0.325 e. The molecule has 0 aliphatic carbocycles. The van der Waals surface area contributed by atoms with Gasteiger partial charge in [-0.05, 0) is 53.8 Å². The quantitative estimate of drug-likeness (QED) is 0.243. The van der Waals surface area contributed by atoms with E-state index in [9.17, 15) is 4.79 Å². The van der Waals surface area contributed by atoms with Gasteiger partial charge in [0, 0.05) is 21.4 Å². The molecule has 1 heterocycles. The van der Waals surface area contributed by atoms with Crippen LogP contribution in [0.25, 0.3) is 17.1 Å². The van der Waals surface area contributed by atoms with E-state index in [2.05, 4.69) is 76.5 Å². The minimum absolute atomic E-state index is 0.0569. The molecule has 0 bridgehead atoms. The van der Waals surface area contributed by atoms with Crippen molar-refractivity contribution in [3.05, 3.63) is 88.9 Å². The molecule has 1 aromatic heterocycles. The highest BCUT2D eigenvalue weighted by Crippen LogP contribution is 2.33. The summed E-state index contributed by atoms with van der Waals surface area (Å²) in [6, 6.07) is 26.1. The maximum Gasteiger partial charge on any atom is 0.237 e. The molecule has 4 rings (SSSR count). The maximum absolute atomic E-state index is 13.1. The van der Waals surface area contributed by atoms with Crippen LogP contribution in [0.1, 0.15) is 39.7 Å². The Morgan fingerprint density at radius 3 is 2.23 bits per heavy atom. The highest BCUT2D eigenvalue weighted by molar-refractivity contribution is 9.10. The molecule has 0 unspecified atom stereocenters. The zero-order valence-corrected chi connectivity index (χ0v) is 22.7. The predicted molar refractivity (Wildman–Crippen MR) is 148 cm³/mol. The third-order valence-corrected chi connectivity index (χ3v) is 7.52. The van der Waals surface area contributed by atoms with Crippen molar-refractivity contribution in [3.8, 4) is 17.1 Å². The molecule has 0 spiro atoms. The van der Waals surface area contributed by atoms with E-state index < -0.39 is 0 Å². The first-order chi connectivity index (χ1) is 16.8. The third-order valence-electron chi connectivity index (χ3n) is 5.68. The number of para-hydroxylation sites is 1. The highest BCUT2D eigenvalue weighted by Gasteiger charge is 2.24. The van der Waals surface area contributed by atoms with Crippen molar-refractivity contribution in [1.29, 1.82) is 0 Å². The standard InChI is InChI=1S/C28H29BrN4OS/c1-5-24(26(34)30-22-17-15-21(29)16-18-22)35-27-32-31-25(33(27)23-9-7-6-8-10-23)19-11-13-20(14-12-19)28(2,3)4/h6-18,24H,5H2,1-4H3,(H,30,34)/t24-/m0/s1. The fraction of sp³-hybridized carbons (Fsp3) is 0.250. The average Bonchev–Trinajstić information content (AvgIpc) is 3.27. The normalized spacial score (nSPS) is 12.4. The van der Waals surface area contributed by atoms with Crippen LogP contribution >= 0.6 is 27.7 Å². The van der Waals surface area contributed by atoms with Crippen LogP contribution in [0.5, 0.6) is 0 Å². The van der Waals surface area contributed by atoms with Gasteiger partial charge in [0.2, 0.25) is 5.91 Å². The van der Waals surface area contributed by atoms with E-state index in [1.807, 2.05) is 66.1 Å². The van der Waals surface area contributed by atoms with Gasteiger partial charge < -0.3 is 5.32 Å². The van der Waals surface area contributed by atoms with Gasteiger partial charge in [0.05, 0.1) is 5.25 Å². The molecule has 5 nitrogen and oxygen atoms in total. The van der Waals surface area contributed by atoms with Gasteiger partial charge in [-0.3, -0.25) is 9.36 Å². The second kappa shape index (κ2) is 10.8. The summed E-state index contributed by atoms with van der Waals surface area (Å²) < 4.78 is 3.00. The number of benzene rings is 3. The number of anilines is 1. The zero-order valence-electron chi connectivity index (χ0n) is 20.3. The van der Waals surface area contributed by atoms with Crippen LogP contribution < -0.4 is 5.32 Å². The van der Waals surface area contributed by atoms with Gasteiger partial charge in [-0.15, -0.1) is 10.2 Å².